The first-order valence-corrected chi connectivity index (χ1v) is 6.30. The molecule has 0 radical (unpaired) electrons. The highest BCUT2D eigenvalue weighted by Gasteiger charge is 2.11. The van der Waals surface area contributed by atoms with Crippen molar-refractivity contribution in [3.05, 3.63) is 59.9 Å². The summed E-state index contributed by atoms with van der Waals surface area (Å²) in [5.74, 6) is -0.655. The number of thiol groups is 1. The minimum absolute atomic E-state index is 0.0641. The SMILES string of the molecule is NC(=O)/C(=N\OCc1ccccn1)c1ccc(S)cc1. The van der Waals surface area contributed by atoms with E-state index in [1.165, 1.54) is 0 Å². The van der Waals surface area contributed by atoms with E-state index in [9.17, 15) is 4.79 Å². The standard InChI is InChI=1S/C14H13N3O2S/c15-14(18)13(10-4-6-12(20)7-5-10)17-19-9-11-3-1-2-8-16-11/h1-8,20H,9H2,(H2,15,18)/b17-13-. The van der Waals surface area contributed by atoms with Crippen LogP contribution in [-0.4, -0.2) is 16.6 Å². The number of oxime groups is 1. The number of pyridine rings is 1. The predicted octanol–water partition coefficient (Wildman–Crippen LogP) is 1.78. The molecule has 0 unspecified atom stereocenters. The third-order valence-electron chi connectivity index (χ3n) is 2.47. The summed E-state index contributed by atoms with van der Waals surface area (Å²) in [7, 11) is 0. The summed E-state index contributed by atoms with van der Waals surface area (Å²) in [6.45, 7) is 0.169. The van der Waals surface area contributed by atoms with Gasteiger partial charge in [0.05, 0.1) is 5.69 Å². The van der Waals surface area contributed by atoms with Crippen LogP contribution in [0.3, 0.4) is 0 Å². The number of hydrogen-bond donors (Lipinski definition) is 2. The molecule has 0 saturated heterocycles. The number of rotatable bonds is 5. The van der Waals surface area contributed by atoms with Crippen LogP contribution in [0.5, 0.6) is 0 Å². The van der Waals surface area contributed by atoms with Crippen LogP contribution in [0.25, 0.3) is 0 Å². The van der Waals surface area contributed by atoms with Gasteiger partial charge in [-0.2, -0.15) is 0 Å². The summed E-state index contributed by atoms with van der Waals surface area (Å²) >= 11 is 4.17. The molecule has 1 amide bonds. The number of aromatic nitrogens is 1. The topological polar surface area (TPSA) is 77.6 Å². The minimum Gasteiger partial charge on any atom is -0.389 e. The van der Waals surface area contributed by atoms with Gasteiger partial charge in [-0.05, 0) is 24.3 Å². The molecule has 0 aliphatic heterocycles. The lowest BCUT2D eigenvalue weighted by atomic mass is 10.1. The summed E-state index contributed by atoms with van der Waals surface area (Å²) < 4.78 is 0. The molecule has 2 N–H and O–H groups in total. The first kappa shape index (κ1) is 14.1. The zero-order valence-electron chi connectivity index (χ0n) is 10.6. The maximum Gasteiger partial charge on any atom is 0.271 e. The van der Waals surface area contributed by atoms with Crippen molar-refractivity contribution in [3.8, 4) is 0 Å². The fraction of sp³-hybridized carbons (Fsp3) is 0.0714. The van der Waals surface area contributed by atoms with Crippen LogP contribution in [0.4, 0.5) is 0 Å². The fourth-order valence-corrected chi connectivity index (χ4v) is 1.65. The van der Waals surface area contributed by atoms with Gasteiger partial charge in [-0.3, -0.25) is 9.78 Å². The molecule has 0 aliphatic rings. The lowest BCUT2D eigenvalue weighted by molar-refractivity contribution is -0.112. The van der Waals surface area contributed by atoms with Crippen molar-refractivity contribution >= 4 is 24.2 Å². The number of carbonyl (C=O) groups excluding carboxylic acids is 1. The van der Waals surface area contributed by atoms with E-state index in [1.807, 2.05) is 6.07 Å². The number of carbonyl (C=O) groups is 1. The van der Waals surface area contributed by atoms with Crippen LogP contribution in [0.15, 0.2) is 58.7 Å². The molecule has 2 rings (SSSR count). The molecular formula is C14H13N3O2S. The normalized spacial score (nSPS) is 11.2. The Morgan fingerprint density at radius 3 is 2.60 bits per heavy atom. The van der Waals surface area contributed by atoms with Crippen molar-refractivity contribution in [2.45, 2.75) is 11.5 Å². The van der Waals surface area contributed by atoms with Gasteiger partial charge in [0.25, 0.3) is 5.91 Å². The quantitative estimate of drug-likeness (QED) is 0.500. The van der Waals surface area contributed by atoms with Crippen LogP contribution >= 0.6 is 12.6 Å². The lowest BCUT2D eigenvalue weighted by Crippen LogP contribution is -2.24. The molecule has 6 heteroatoms. The molecule has 0 aliphatic carbocycles. The Kier molecular flexibility index (Phi) is 4.73. The second-order valence-electron chi connectivity index (χ2n) is 3.95. The number of hydrogen-bond acceptors (Lipinski definition) is 5. The average molecular weight is 287 g/mol. The Labute approximate surface area is 121 Å². The van der Waals surface area contributed by atoms with Crippen molar-refractivity contribution in [2.75, 3.05) is 0 Å². The molecular weight excluding hydrogens is 274 g/mol. The number of benzene rings is 1. The van der Waals surface area contributed by atoms with E-state index in [0.29, 0.717) is 11.3 Å². The molecule has 0 atom stereocenters. The summed E-state index contributed by atoms with van der Waals surface area (Å²) in [6.07, 6.45) is 1.66. The molecule has 1 aromatic carbocycles. The first-order valence-electron chi connectivity index (χ1n) is 5.86. The van der Waals surface area contributed by atoms with E-state index in [0.717, 1.165) is 4.90 Å². The average Bonchev–Trinajstić information content (AvgIpc) is 2.46. The Morgan fingerprint density at radius 1 is 1.25 bits per heavy atom. The second-order valence-corrected chi connectivity index (χ2v) is 4.46. The maximum atomic E-state index is 11.4. The highest BCUT2D eigenvalue weighted by Crippen LogP contribution is 2.09. The summed E-state index contributed by atoms with van der Waals surface area (Å²) in [6, 6.07) is 12.4. The van der Waals surface area contributed by atoms with Gasteiger partial charge < -0.3 is 10.6 Å². The fourth-order valence-electron chi connectivity index (χ4n) is 1.51. The predicted molar refractivity (Wildman–Crippen MR) is 78.5 cm³/mol. The molecule has 102 valence electrons. The Morgan fingerprint density at radius 2 is 2.00 bits per heavy atom. The van der Waals surface area contributed by atoms with Crippen molar-refractivity contribution in [1.82, 2.24) is 4.98 Å². The summed E-state index contributed by atoms with van der Waals surface area (Å²) in [4.78, 5) is 21.4. The molecule has 1 aromatic heterocycles. The monoisotopic (exact) mass is 287 g/mol. The van der Waals surface area contributed by atoms with E-state index in [2.05, 4.69) is 22.8 Å². The Balaban J connectivity index is 2.11. The van der Waals surface area contributed by atoms with Crippen molar-refractivity contribution in [2.24, 2.45) is 10.9 Å². The van der Waals surface area contributed by atoms with Crippen LogP contribution in [0, 0.1) is 0 Å². The van der Waals surface area contributed by atoms with E-state index in [4.69, 9.17) is 10.6 Å². The Bertz CT molecular complexity index is 612. The summed E-state index contributed by atoms with van der Waals surface area (Å²) in [5.41, 5.74) is 6.66. The van der Waals surface area contributed by atoms with Crippen LogP contribution < -0.4 is 5.73 Å². The third-order valence-corrected chi connectivity index (χ3v) is 2.77. The van der Waals surface area contributed by atoms with E-state index >= 15 is 0 Å². The van der Waals surface area contributed by atoms with Gasteiger partial charge in [-0.25, -0.2) is 0 Å². The number of nitrogens with two attached hydrogens (primary N) is 1. The number of nitrogens with zero attached hydrogens (tertiary/aromatic N) is 2. The zero-order chi connectivity index (χ0) is 14.4. The van der Waals surface area contributed by atoms with Crippen molar-refractivity contribution < 1.29 is 9.63 Å². The molecule has 0 spiro atoms. The van der Waals surface area contributed by atoms with E-state index in [-0.39, 0.29) is 12.3 Å². The van der Waals surface area contributed by atoms with Gasteiger partial charge >= 0.3 is 0 Å². The van der Waals surface area contributed by atoms with E-state index in [1.54, 1.807) is 42.6 Å². The number of primary amides is 1. The van der Waals surface area contributed by atoms with Gasteiger partial charge in [0.15, 0.2) is 12.3 Å². The van der Waals surface area contributed by atoms with Crippen molar-refractivity contribution in [1.29, 1.82) is 0 Å². The molecule has 5 nitrogen and oxygen atoms in total. The Hall–Kier alpha value is -2.34. The molecule has 0 fully saturated rings. The summed E-state index contributed by atoms with van der Waals surface area (Å²) in [5, 5.41) is 3.80. The van der Waals surface area contributed by atoms with Gasteiger partial charge in [-0.1, -0.05) is 23.4 Å². The largest absolute Gasteiger partial charge is 0.389 e. The highest BCUT2D eigenvalue weighted by molar-refractivity contribution is 7.80. The first-order chi connectivity index (χ1) is 9.66. The highest BCUT2D eigenvalue weighted by atomic mass is 32.1. The van der Waals surface area contributed by atoms with E-state index < -0.39 is 5.91 Å². The molecule has 20 heavy (non-hydrogen) atoms. The molecule has 1 heterocycles. The van der Waals surface area contributed by atoms with Crippen LogP contribution in [-0.2, 0) is 16.2 Å². The van der Waals surface area contributed by atoms with Crippen LogP contribution in [0.2, 0.25) is 0 Å². The van der Waals surface area contributed by atoms with Crippen molar-refractivity contribution in [3.63, 3.8) is 0 Å². The second kappa shape index (κ2) is 6.72. The maximum absolute atomic E-state index is 11.4. The minimum atomic E-state index is -0.655. The zero-order valence-corrected chi connectivity index (χ0v) is 11.5. The molecule has 2 aromatic rings. The van der Waals surface area contributed by atoms with Gasteiger partial charge in [0, 0.05) is 16.7 Å². The third kappa shape index (κ3) is 3.83. The lowest BCUT2D eigenvalue weighted by Gasteiger charge is -2.04. The van der Waals surface area contributed by atoms with Gasteiger partial charge in [0.2, 0.25) is 0 Å². The van der Waals surface area contributed by atoms with Gasteiger partial charge in [-0.15, -0.1) is 12.6 Å². The molecule has 0 saturated carbocycles. The van der Waals surface area contributed by atoms with Crippen LogP contribution in [0.1, 0.15) is 11.3 Å². The van der Waals surface area contributed by atoms with Gasteiger partial charge in [0.1, 0.15) is 0 Å². The molecule has 0 bridgehead atoms. The smallest absolute Gasteiger partial charge is 0.271 e. The number of amides is 1.